The quantitative estimate of drug-likeness (QED) is 0.873. The average Bonchev–Trinajstić information content (AvgIpc) is 2.62. The highest BCUT2D eigenvalue weighted by Crippen LogP contribution is 2.33. The van der Waals surface area contributed by atoms with Gasteiger partial charge < -0.3 is 15.5 Å². The Kier molecular flexibility index (Phi) is 5.27. The van der Waals surface area contributed by atoms with Crippen LogP contribution in [0.4, 0.5) is 8.78 Å². The summed E-state index contributed by atoms with van der Waals surface area (Å²) in [6, 6.07) is 3.14. The van der Waals surface area contributed by atoms with E-state index in [0.717, 1.165) is 37.8 Å². The van der Waals surface area contributed by atoms with Crippen LogP contribution in [0.2, 0.25) is 0 Å². The molecule has 2 unspecified atom stereocenters. The van der Waals surface area contributed by atoms with Crippen molar-refractivity contribution in [3.05, 3.63) is 35.4 Å². The zero-order valence-electron chi connectivity index (χ0n) is 15.0. The first-order valence-corrected chi connectivity index (χ1v) is 9.11. The lowest BCUT2D eigenvalue weighted by Gasteiger charge is -2.42. The van der Waals surface area contributed by atoms with E-state index in [4.69, 9.17) is 5.73 Å². The van der Waals surface area contributed by atoms with Crippen LogP contribution in [-0.4, -0.2) is 53.3 Å². The Balaban J connectivity index is 1.61. The number of amides is 2. The second kappa shape index (κ2) is 7.31. The zero-order chi connectivity index (χ0) is 18.9. The molecule has 1 aliphatic heterocycles. The van der Waals surface area contributed by atoms with Crippen molar-refractivity contribution in [1.29, 1.82) is 0 Å². The first-order chi connectivity index (χ1) is 12.3. The number of carbonyl (C=O) groups is 2. The minimum absolute atomic E-state index is 0.0645. The number of piperazine rings is 1. The number of halogens is 2. The maximum Gasteiger partial charge on any atom is 0.254 e. The summed E-state index contributed by atoms with van der Waals surface area (Å²) >= 11 is 0. The minimum atomic E-state index is -1.04. The van der Waals surface area contributed by atoms with Crippen LogP contribution in [0.25, 0.3) is 0 Å². The number of carbonyl (C=O) groups excluding carboxylic acids is 2. The molecule has 2 aliphatic rings. The third-order valence-electron chi connectivity index (χ3n) is 5.60. The minimum Gasteiger partial charge on any atom is -0.339 e. The molecule has 1 saturated carbocycles. The van der Waals surface area contributed by atoms with E-state index in [2.05, 4.69) is 0 Å². The van der Waals surface area contributed by atoms with Gasteiger partial charge in [-0.25, -0.2) is 8.78 Å². The number of nitrogens with zero attached hydrogens (tertiary/aromatic N) is 2. The summed E-state index contributed by atoms with van der Waals surface area (Å²) in [4.78, 5) is 28.6. The third kappa shape index (κ3) is 3.72. The molecule has 3 rings (SSSR count). The Hall–Kier alpha value is -2.02. The molecule has 1 aromatic rings. The number of hydrogen-bond donors (Lipinski definition) is 1. The van der Waals surface area contributed by atoms with E-state index >= 15 is 0 Å². The molecule has 7 heteroatoms. The first kappa shape index (κ1) is 18.8. The molecule has 142 valence electrons. The van der Waals surface area contributed by atoms with E-state index in [-0.39, 0.29) is 23.3 Å². The van der Waals surface area contributed by atoms with Gasteiger partial charge in [-0.1, -0.05) is 12.8 Å². The summed E-state index contributed by atoms with van der Waals surface area (Å²) in [5.41, 5.74) is 5.97. The predicted molar refractivity (Wildman–Crippen MR) is 93.4 cm³/mol. The van der Waals surface area contributed by atoms with Crippen LogP contribution >= 0.6 is 0 Å². The van der Waals surface area contributed by atoms with Crippen LogP contribution in [0.5, 0.6) is 0 Å². The SMILES string of the molecule is CC1(N)CCCCC1C(=O)N1CCN(C(=O)c2ccc(F)c(F)c2)CC1. The van der Waals surface area contributed by atoms with Gasteiger partial charge in [-0.3, -0.25) is 9.59 Å². The van der Waals surface area contributed by atoms with Gasteiger partial charge in [-0.15, -0.1) is 0 Å². The molecule has 0 radical (unpaired) electrons. The Morgan fingerprint density at radius 1 is 1.08 bits per heavy atom. The van der Waals surface area contributed by atoms with Gasteiger partial charge in [0.05, 0.1) is 5.92 Å². The van der Waals surface area contributed by atoms with Gasteiger partial charge in [0.2, 0.25) is 5.91 Å². The van der Waals surface area contributed by atoms with Gasteiger partial charge in [0.1, 0.15) is 0 Å². The molecular weight excluding hydrogens is 340 g/mol. The molecular formula is C19H25F2N3O2. The molecule has 2 amide bonds. The Morgan fingerprint density at radius 2 is 1.73 bits per heavy atom. The lowest BCUT2D eigenvalue weighted by atomic mass is 9.74. The molecule has 1 heterocycles. The molecule has 1 aromatic carbocycles. The summed E-state index contributed by atoms with van der Waals surface area (Å²) in [6.45, 7) is 3.55. The molecule has 2 atom stereocenters. The highest BCUT2D eigenvalue weighted by molar-refractivity contribution is 5.94. The summed E-state index contributed by atoms with van der Waals surface area (Å²) in [7, 11) is 0. The molecule has 5 nitrogen and oxygen atoms in total. The number of hydrogen-bond acceptors (Lipinski definition) is 3. The van der Waals surface area contributed by atoms with Crippen molar-refractivity contribution >= 4 is 11.8 Å². The van der Waals surface area contributed by atoms with Crippen LogP contribution in [0.15, 0.2) is 18.2 Å². The molecule has 0 bridgehead atoms. The molecule has 2 fully saturated rings. The van der Waals surface area contributed by atoms with Crippen molar-refractivity contribution in [1.82, 2.24) is 9.80 Å². The van der Waals surface area contributed by atoms with Crippen LogP contribution in [0.3, 0.4) is 0 Å². The second-order valence-corrected chi connectivity index (χ2v) is 7.55. The van der Waals surface area contributed by atoms with E-state index in [9.17, 15) is 18.4 Å². The fourth-order valence-corrected chi connectivity index (χ4v) is 3.93. The standard InChI is InChI=1S/C19H25F2N3O2/c1-19(22)7-3-2-4-14(19)18(26)24-10-8-23(9-11-24)17(25)13-5-6-15(20)16(21)12-13/h5-6,12,14H,2-4,7-11,22H2,1H3. The molecule has 0 aromatic heterocycles. The van der Waals surface area contributed by atoms with Gasteiger partial charge in [0, 0.05) is 37.3 Å². The third-order valence-corrected chi connectivity index (χ3v) is 5.60. The van der Waals surface area contributed by atoms with Crippen LogP contribution in [-0.2, 0) is 4.79 Å². The van der Waals surface area contributed by atoms with Gasteiger partial charge in [-0.05, 0) is 38.0 Å². The molecule has 2 N–H and O–H groups in total. The topological polar surface area (TPSA) is 66.6 Å². The van der Waals surface area contributed by atoms with Crippen molar-refractivity contribution in [2.24, 2.45) is 11.7 Å². The van der Waals surface area contributed by atoms with E-state index in [1.54, 1.807) is 9.80 Å². The van der Waals surface area contributed by atoms with E-state index in [0.29, 0.717) is 26.2 Å². The Labute approximate surface area is 152 Å². The van der Waals surface area contributed by atoms with Crippen LogP contribution < -0.4 is 5.73 Å². The van der Waals surface area contributed by atoms with Crippen LogP contribution in [0.1, 0.15) is 43.0 Å². The highest BCUT2D eigenvalue weighted by atomic mass is 19.2. The fourth-order valence-electron chi connectivity index (χ4n) is 3.93. The average molecular weight is 365 g/mol. The zero-order valence-corrected chi connectivity index (χ0v) is 15.0. The second-order valence-electron chi connectivity index (χ2n) is 7.55. The lowest BCUT2D eigenvalue weighted by Crippen LogP contribution is -2.57. The van der Waals surface area contributed by atoms with E-state index in [1.807, 2.05) is 6.92 Å². The summed E-state index contributed by atoms with van der Waals surface area (Å²) < 4.78 is 26.4. The largest absolute Gasteiger partial charge is 0.339 e. The molecule has 1 saturated heterocycles. The lowest BCUT2D eigenvalue weighted by molar-refractivity contribution is -0.140. The van der Waals surface area contributed by atoms with Crippen LogP contribution in [0, 0.1) is 17.6 Å². The van der Waals surface area contributed by atoms with Gasteiger partial charge >= 0.3 is 0 Å². The maximum absolute atomic E-state index is 13.3. The van der Waals surface area contributed by atoms with Gasteiger partial charge in [0.15, 0.2) is 11.6 Å². The van der Waals surface area contributed by atoms with Crippen molar-refractivity contribution in [2.75, 3.05) is 26.2 Å². The normalized spacial score (nSPS) is 26.7. The Morgan fingerprint density at radius 3 is 2.35 bits per heavy atom. The summed E-state index contributed by atoms with van der Waals surface area (Å²) in [6.07, 6.45) is 3.71. The van der Waals surface area contributed by atoms with Crippen molar-refractivity contribution in [2.45, 2.75) is 38.1 Å². The van der Waals surface area contributed by atoms with Crippen molar-refractivity contribution in [3.8, 4) is 0 Å². The summed E-state index contributed by atoms with van der Waals surface area (Å²) in [5, 5.41) is 0. The van der Waals surface area contributed by atoms with Gasteiger partial charge in [-0.2, -0.15) is 0 Å². The summed E-state index contributed by atoms with van der Waals surface area (Å²) in [5.74, 6) is -2.48. The Bertz CT molecular complexity index is 700. The maximum atomic E-state index is 13.3. The van der Waals surface area contributed by atoms with E-state index in [1.165, 1.54) is 6.07 Å². The number of benzene rings is 1. The van der Waals surface area contributed by atoms with E-state index < -0.39 is 17.2 Å². The van der Waals surface area contributed by atoms with Gasteiger partial charge in [0.25, 0.3) is 5.91 Å². The molecule has 26 heavy (non-hydrogen) atoms. The molecule has 1 aliphatic carbocycles. The smallest absolute Gasteiger partial charge is 0.254 e. The monoisotopic (exact) mass is 365 g/mol. The highest BCUT2D eigenvalue weighted by Gasteiger charge is 2.40. The van der Waals surface area contributed by atoms with Crippen molar-refractivity contribution in [3.63, 3.8) is 0 Å². The molecule has 0 spiro atoms. The predicted octanol–water partition coefficient (Wildman–Crippen LogP) is 2.16. The fraction of sp³-hybridized carbons (Fsp3) is 0.579. The number of rotatable bonds is 2. The first-order valence-electron chi connectivity index (χ1n) is 9.11. The van der Waals surface area contributed by atoms with Crippen molar-refractivity contribution < 1.29 is 18.4 Å². The number of nitrogens with two attached hydrogens (primary N) is 1.